The minimum absolute atomic E-state index is 0.117. The van der Waals surface area contributed by atoms with Crippen molar-refractivity contribution in [3.8, 4) is 28.4 Å². The van der Waals surface area contributed by atoms with Crippen LogP contribution in [0.4, 0.5) is 0 Å². The molecule has 1 aliphatic heterocycles. The lowest BCUT2D eigenvalue weighted by molar-refractivity contribution is 0.171. The summed E-state index contributed by atoms with van der Waals surface area (Å²) in [6.07, 6.45) is 0. The Labute approximate surface area is 156 Å². The van der Waals surface area contributed by atoms with E-state index in [2.05, 4.69) is 0 Å². The first-order valence-electron chi connectivity index (χ1n) is 8.78. The Morgan fingerprint density at radius 3 is 2.56 bits per heavy atom. The number of hydrogen-bond donors (Lipinski definition) is 1. The predicted molar refractivity (Wildman–Crippen MR) is 103 cm³/mol. The van der Waals surface area contributed by atoms with Crippen LogP contribution >= 0.6 is 0 Å². The molecule has 1 aliphatic rings. The van der Waals surface area contributed by atoms with Crippen molar-refractivity contribution in [2.75, 3.05) is 27.3 Å². The highest BCUT2D eigenvalue weighted by molar-refractivity contribution is 5.90. The number of benzene rings is 2. The van der Waals surface area contributed by atoms with Crippen molar-refractivity contribution in [1.82, 2.24) is 4.90 Å². The normalized spacial score (nSPS) is 13.3. The summed E-state index contributed by atoms with van der Waals surface area (Å²) in [4.78, 5) is 14.8. The zero-order chi connectivity index (χ0) is 19.1. The Bertz CT molecular complexity index is 1080. The number of hydrogen-bond acceptors (Lipinski definition) is 6. The first kappa shape index (κ1) is 17.4. The Balaban J connectivity index is 1.93. The van der Waals surface area contributed by atoms with Crippen LogP contribution in [0.1, 0.15) is 11.1 Å². The minimum atomic E-state index is -0.442. The molecule has 4 rings (SSSR count). The van der Waals surface area contributed by atoms with Gasteiger partial charge in [0.05, 0.1) is 11.1 Å². The molecule has 0 saturated carbocycles. The number of nitrogens with zero attached hydrogens (tertiary/aromatic N) is 1. The quantitative estimate of drug-likeness (QED) is 0.716. The maximum atomic E-state index is 12.8. The van der Waals surface area contributed by atoms with Gasteiger partial charge in [0.1, 0.15) is 24.5 Å². The van der Waals surface area contributed by atoms with Gasteiger partial charge >= 0.3 is 5.63 Å². The van der Waals surface area contributed by atoms with Crippen LogP contribution < -0.4 is 15.1 Å². The molecule has 0 aliphatic carbocycles. The van der Waals surface area contributed by atoms with Gasteiger partial charge in [0.15, 0.2) is 11.5 Å². The molecule has 0 unspecified atom stereocenters. The lowest BCUT2D eigenvalue weighted by Crippen LogP contribution is -2.15. The molecule has 0 saturated heterocycles. The largest absolute Gasteiger partial charge is 0.507 e. The lowest BCUT2D eigenvalue weighted by atomic mass is 9.97. The first-order chi connectivity index (χ1) is 13.0. The van der Waals surface area contributed by atoms with Crippen LogP contribution in [0.3, 0.4) is 0 Å². The van der Waals surface area contributed by atoms with Crippen molar-refractivity contribution in [2.24, 2.45) is 0 Å². The van der Waals surface area contributed by atoms with E-state index in [4.69, 9.17) is 13.9 Å². The highest BCUT2D eigenvalue weighted by Gasteiger charge is 2.20. The van der Waals surface area contributed by atoms with E-state index >= 15 is 0 Å². The van der Waals surface area contributed by atoms with Gasteiger partial charge in [-0.05, 0) is 56.4 Å². The molecule has 0 radical (unpaired) electrons. The number of ether oxygens (including phenoxy) is 2. The van der Waals surface area contributed by atoms with Gasteiger partial charge in [-0.25, -0.2) is 4.79 Å². The van der Waals surface area contributed by atoms with Crippen LogP contribution in [-0.2, 0) is 6.54 Å². The minimum Gasteiger partial charge on any atom is -0.507 e. The molecule has 0 spiro atoms. The molecule has 0 amide bonds. The summed E-state index contributed by atoms with van der Waals surface area (Å²) in [5.74, 6) is 1.41. The van der Waals surface area contributed by atoms with Gasteiger partial charge < -0.3 is 23.9 Å². The van der Waals surface area contributed by atoms with Crippen LogP contribution in [-0.4, -0.2) is 37.3 Å². The molecule has 6 heteroatoms. The van der Waals surface area contributed by atoms with Crippen molar-refractivity contribution in [2.45, 2.75) is 13.5 Å². The summed E-state index contributed by atoms with van der Waals surface area (Å²) in [6.45, 7) is 3.35. The van der Waals surface area contributed by atoms with Gasteiger partial charge in [0.2, 0.25) is 0 Å². The van der Waals surface area contributed by atoms with Crippen LogP contribution in [0.2, 0.25) is 0 Å². The summed E-state index contributed by atoms with van der Waals surface area (Å²) in [6, 6.07) is 8.87. The molecule has 140 valence electrons. The fourth-order valence-corrected chi connectivity index (χ4v) is 3.46. The Hall–Kier alpha value is -2.99. The first-order valence-corrected chi connectivity index (χ1v) is 8.78. The van der Waals surface area contributed by atoms with E-state index in [-0.39, 0.29) is 5.75 Å². The molecular formula is C21H21NO5. The topological polar surface area (TPSA) is 72.1 Å². The molecule has 0 atom stereocenters. The zero-order valence-corrected chi connectivity index (χ0v) is 15.5. The van der Waals surface area contributed by atoms with Crippen LogP contribution in [0.15, 0.2) is 39.5 Å². The third kappa shape index (κ3) is 3.02. The third-order valence-electron chi connectivity index (χ3n) is 4.72. The molecular weight excluding hydrogens is 346 g/mol. The standard InChI is InChI=1S/C21H21NO5/c1-12-14-5-6-16(23)15(11-22(2)3)20(14)27-21(24)19(12)13-4-7-17-18(10-13)26-9-8-25-17/h4-7,10,23H,8-9,11H2,1-3H3. The number of fused-ring (bicyclic) bond motifs is 2. The summed E-state index contributed by atoms with van der Waals surface area (Å²) in [7, 11) is 3.79. The average Bonchev–Trinajstić information content (AvgIpc) is 2.64. The maximum Gasteiger partial charge on any atom is 0.344 e. The Kier molecular flexibility index (Phi) is 4.28. The van der Waals surface area contributed by atoms with E-state index in [1.807, 2.05) is 32.0 Å². The second-order valence-electron chi connectivity index (χ2n) is 6.93. The second-order valence-corrected chi connectivity index (χ2v) is 6.93. The molecule has 2 heterocycles. The predicted octanol–water partition coefficient (Wildman–Crippen LogP) is 3.31. The van der Waals surface area contributed by atoms with Crippen LogP contribution in [0.25, 0.3) is 22.1 Å². The van der Waals surface area contributed by atoms with Gasteiger partial charge in [0.25, 0.3) is 0 Å². The van der Waals surface area contributed by atoms with E-state index in [9.17, 15) is 9.90 Å². The van der Waals surface area contributed by atoms with E-state index in [0.29, 0.717) is 48.0 Å². The average molecular weight is 367 g/mol. The van der Waals surface area contributed by atoms with Crippen LogP contribution in [0, 0.1) is 6.92 Å². The number of rotatable bonds is 3. The summed E-state index contributed by atoms with van der Waals surface area (Å²) in [5, 5.41) is 11.0. The fraction of sp³-hybridized carbons (Fsp3) is 0.286. The summed E-state index contributed by atoms with van der Waals surface area (Å²) in [5.41, 5.74) is 2.59. The molecule has 2 aromatic carbocycles. The smallest absolute Gasteiger partial charge is 0.344 e. The van der Waals surface area contributed by atoms with Crippen molar-refractivity contribution in [3.05, 3.63) is 51.9 Å². The maximum absolute atomic E-state index is 12.8. The van der Waals surface area contributed by atoms with E-state index in [1.165, 1.54) is 0 Å². The zero-order valence-electron chi connectivity index (χ0n) is 15.5. The molecule has 27 heavy (non-hydrogen) atoms. The van der Waals surface area contributed by atoms with Gasteiger partial charge in [-0.2, -0.15) is 0 Å². The molecule has 1 aromatic heterocycles. The number of phenolic OH excluding ortho intramolecular Hbond substituents is 1. The Morgan fingerprint density at radius 2 is 1.81 bits per heavy atom. The highest BCUT2D eigenvalue weighted by Crippen LogP contribution is 2.37. The fourth-order valence-electron chi connectivity index (χ4n) is 3.46. The van der Waals surface area contributed by atoms with Gasteiger partial charge in [-0.3, -0.25) is 0 Å². The van der Waals surface area contributed by atoms with Crippen molar-refractivity contribution in [1.29, 1.82) is 0 Å². The number of aromatic hydroxyl groups is 1. The van der Waals surface area contributed by atoms with Crippen molar-refractivity contribution in [3.63, 3.8) is 0 Å². The van der Waals surface area contributed by atoms with Crippen LogP contribution in [0.5, 0.6) is 17.2 Å². The van der Waals surface area contributed by atoms with Crippen molar-refractivity contribution >= 4 is 11.0 Å². The van der Waals surface area contributed by atoms with E-state index in [0.717, 1.165) is 16.5 Å². The van der Waals surface area contributed by atoms with Gasteiger partial charge in [-0.1, -0.05) is 6.07 Å². The van der Waals surface area contributed by atoms with E-state index < -0.39 is 5.63 Å². The third-order valence-corrected chi connectivity index (χ3v) is 4.72. The Morgan fingerprint density at radius 1 is 1.07 bits per heavy atom. The molecule has 3 aromatic rings. The van der Waals surface area contributed by atoms with Gasteiger partial charge in [-0.15, -0.1) is 0 Å². The highest BCUT2D eigenvalue weighted by atomic mass is 16.6. The number of aryl methyl sites for hydroxylation is 1. The summed E-state index contributed by atoms with van der Waals surface area (Å²) < 4.78 is 16.9. The number of phenols is 1. The lowest BCUT2D eigenvalue weighted by Gasteiger charge is -2.19. The molecule has 1 N–H and O–H groups in total. The monoisotopic (exact) mass is 367 g/mol. The molecule has 0 bridgehead atoms. The molecule has 0 fully saturated rings. The van der Waals surface area contributed by atoms with Gasteiger partial charge in [0, 0.05) is 11.9 Å². The molecule has 6 nitrogen and oxygen atoms in total. The van der Waals surface area contributed by atoms with Crippen molar-refractivity contribution < 1.29 is 19.0 Å². The van der Waals surface area contributed by atoms with E-state index in [1.54, 1.807) is 24.3 Å². The second kappa shape index (κ2) is 6.63. The summed E-state index contributed by atoms with van der Waals surface area (Å²) >= 11 is 0. The SMILES string of the molecule is Cc1c(-c2ccc3c(c2)OCCO3)c(=O)oc2c(CN(C)C)c(O)ccc12.